The Morgan fingerprint density at radius 2 is 1.96 bits per heavy atom. The van der Waals surface area contributed by atoms with Crippen LogP contribution in [0.5, 0.6) is 0 Å². The molecular weight excluding hydrogens is 376 g/mol. The van der Waals surface area contributed by atoms with E-state index in [1.54, 1.807) is 11.3 Å². The van der Waals surface area contributed by atoms with Crippen LogP contribution in [-0.4, -0.2) is 24.7 Å². The third-order valence-corrected chi connectivity index (χ3v) is 6.26. The number of aryl methyl sites for hydroxylation is 2. The minimum atomic E-state index is -0.274. The number of rotatable bonds is 6. The molecule has 6 heteroatoms. The Bertz CT molecular complexity index is 787. The second-order valence-electron chi connectivity index (χ2n) is 6.73. The minimum absolute atomic E-state index is 0.274. The largest absolute Gasteiger partial charge is 0.465 e. The fourth-order valence-electron chi connectivity index (χ4n) is 3.44. The Morgan fingerprint density at radius 1 is 1.19 bits per heavy atom. The molecule has 27 heavy (non-hydrogen) atoms. The molecule has 4 nitrogen and oxygen atoms in total. The second kappa shape index (κ2) is 9.85. The number of carbonyl (C=O) groups is 1. The van der Waals surface area contributed by atoms with Gasteiger partial charge < -0.3 is 15.4 Å². The van der Waals surface area contributed by atoms with Crippen molar-refractivity contribution in [3.63, 3.8) is 0 Å². The maximum atomic E-state index is 12.4. The fraction of sp³-hybridized carbons (Fsp3) is 0.429. The molecule has 0 unspecified atom stereocenters. The zero-order valence-corrected chi connectivity index (χ0v) is 17.3. The molecule has 0 saturated carbocycles. The van der Waals surface area contributed by atoms with Crippen molar-refractivity contribution in [2.45, 2.75) is 44.9 Å². The molecule has 0 radical (unpaired) electrons. The summed E-state index contributed by atoms with van der Waals surface area (Å²) in [5.41, 5.74) is 3.15. The third kappa shape index (κ3) is 5.30. The van der Waals surface area contributed by atoms with Gasteiger partial charge in [0.2, 0.25) is 0 Å². The Morgan fingerprint density at radius 3 is 2.74 bits per heavy atom. The lowest BCUT2D eigenvalue weighted by atomic mass is 10.1. The van der Waals surface area contributed by atoms with E-state index < -0.39 is 0 Å². The molecule has 2 aromatic rings. The van der Waals surface area contributed by atoms with Crippen molar-refractivity contribution in [1.29, 1.82) is 0 Å². The van der Waals surface area contributed by atoms with E-state index in [2.05, 4.69) is 34.9 Å². The molecule has 0 fully saturated rings. The van der Waals surface area contributed by atoms with Crippen LogP contribution >= 0.6 is 23.6 Å². The maximum absolute atomic E-state index is 12.4. The average molecular weight is 403 g/mol. The first-order valence-corrected chi connectivity index (χ1v) is 10.7. The molecule has 3 rings (SSSR count). The topological polar surface area (TPSA) is 50.4 Å². The number of ether oxygens (including phenoxy) is 1. The highest BCUT2D eigenvalue weighted by molar-refractivity contribution is 7.80. The number of nitrogens with one attached hydrogen (secondary N) is 2. The predicted molar refractivity (Wildman–Crippen MR) is 116 cm³/mol. The first kappa shape index (κ1) is 19.8. The molecule has 1 heterocycles. The van der Waals surface area contributed by atoms with Gasteiger partial charge in [-0.15, -0.1) is 11.3 Å². The molecule has 144 valence electrons. The van der Waals surface area contributed by atoms with Gasteiger partial charge in [-0.3, -0.25) is 0 Å². The van der Waals surface area contributed by atoms with E-state index in [4.69, 9.17) is 17.0 Å². The first-order valence-electron chi connectivity index (χ1n) is 9.50. The fourth-order valence-corrected chi connectivity index (χ4v) is 4.99. The number of methoxy groups -OCH3 is 1. The lowest BCUT2D eigenvalue weighted by Gasteiger charge is -2.11. The summed E-state index contributed by atoms with van der Waals surface area (Å²) in [6.07, 6.45) is 7.49. The number of thiophene rings is 1. The SMILES string of the molecule is COC(=O)c1c(NC(=S)NCCCc2ccccc2)sc2c1CCCCC2. The average Bonchev–Trinajstić information content (AvgIpc) is 2.86. The molecule has 1 aromatic carbocycles. The Kier molecular flexibility index (Phi) is 7.24. The number of anilines is 1. The zero-order chi connectivity index (χ0) is 19.1. The van der Waals surface area contributed by atoms with Crippen LogP contribution in [0, 0.1) is 0 Å². The van der Waals surface area contributed by atoms with Gasteiger partial charge in [0.1, 0.15) is 5.00 Å². The summed E-state index contributed by atoms with van der Waals surface area (Å²) in [4.78, 5) is 13.7. The molecule has 0 atom stereocenters. The standard InChI is InChI=1S/C21H26N2O2S2/c1-25-20(24)18-16-12-6-3-7-13-17(16)27-19(18)23-21(26)22-14-8-11-15-9-4-2-5-10-15/h2,4-5,9-10H,3,6-8,11-14H2,1H3,(H2,22,23,26). The van der Waals surface area contributed by atoms with Crippen molar-refractivity contribution in [3.8, 4) is 0 Å². The predicted octanol–water partition coefficient (Wildman–Crippen LogP) is 4.72. The van der Waals surface area contributed by atoms with Crippen molar-refractivity contribution < 1.29 is 9.53 Å². The van der Waals surface area contributed by atoms with Crippen molar-refractivity contribution in [2.24, 2.45) is 0 Å². The van der Waals surface area contributed by atoms with Gasteiger partial charge in [-0.25, -0.2) is 4.79 Å². The van der Waals surface area contributed by atoms with Gasteiger partial charge in [-0.2, -0.15) is 0 Å². The molecule has 2 N–H and O–H groups in total. The lowest BCUT2D eigenvalue weighted by molar-refractivity contribution is 0.0601. The van der Waals surface area contributed by atoms with E-state index in [0.29, 0.717) is 10.7 Å². The molecule has 0 amide bonds. The molecule has 0 bridgehead atoms. The smallest absolute Gasteiger partial charge is 0.341 e. The van der Waals surface area contributed by atoms with E-state index in [0.717, 1.165) is 49.2 Å². The number of fused-ring (bicyclic) bond motifs is 1. The van der Waals surface area contributed by atoms with Crippen molar-refractivity contribution in [3.05, 3.63) is 51.9 Å². The Hall–Kier alpha value is -1.92. The van der Waals surface area contributed by atoms with E-state index in [-0.39, 0.29) is 5.97 Å². The van der Waals surface area contributed by atoms with Gasteiger partial charge in [0.15, 0.2) is 5.11 Å². The summed E-state index contributed by atoms with van der Waals surface area (Å²) in [7, 11) is 1.44. The molecule has 0 aliphatic heterocycles. The molecule has 0 spiro atoms. The summed E-state index contributed by atoms with van der Waals surface area (Å²) in [5.74, 6) is -0.274. The molecule has 0 saturated heterocycles. The van der Waals surface area contributed by atoms with Crippen LogP contribution < -0.4 is 10.6 Å². The van der Waals surface area contributed by atoms with Gasteiger partial charge in [0, 0.05) is 11.4 Å². The van der Waals surface area contributed by atoms with Gasteiger partial charge in [0.05, 0.1) is 12.7 Å². The van der Waals surface area contributed by atoms with Crippen LogP contribution in [0.25, 0.3) is 0 Å². The van der Waals surface area contributed by atoms with E-state index in [9.17, 15) is 4.79 Å². The number of carbonyl (C=O) groups excluding carboxylic acids is 1. The van der Waals surface area contributed by atoms with E-state index in [1.807, 2.05) is 6.07 Å². The third-order valence-electron chi connectivity index (χ3n) is 4.81. The van der Waals surface area contributed by atoms with Crippen molar-refractivity contribution in [1.82, 2.24) is 5.32 Å². The van der Waals surface area contributed by atoms with Gasteiger partial charge in [-0.05, 0) is 61.9 Å². The monoisotopic (exact) mass is 402 g/mol. The van der Waals surface area contributed by atoms with Crippen LogP contribution in [0.15, 0.2) is 30.3 Å². The van der Waals surface area contributed by atoms with E-state index >= 15 is 0 Å². The molecular formula is C21H26N2O2S2. The Labute approximate surface area is 170 Å². The number of thiocarbonyl (C=S) groups is 1. The van der Waals surface area contributed by atoms with E-state index in [1.165, 1.54) is 30.4 Å². The minimum Gasteiger partial charge on any atom is -0.465 e. The number of hydrogen-bond donors (Lipinski definition) is 2. The lowest BCUT2D eigenvalue weighted by Crippen LogP contribution is -2.29. The normalized spacial score (nSPS) is 13.4. The maximum Gasteiger partial charge on any atom is 0.341 e. The second-order valence-corrected chi connectivity index (χ2v) is 8.24. The van der Waals surface area contributed by atoms with Gasteiger partial charge in [-0.1, -0.05) is 36.8 Å². The summed E-state index contributed by atoms with van der Waals surface area (Å²) in [6, 6.07) is 10.4. The molecule has 1 aliphatic carbocycles. The Balaban J connectivity index is 1.59. The number of esters is 1. The summed E-state index contributed by atoms with van der Waals surface area (Å²) < 4.78 is 5.04. The van der Waals surface area contributed by atoms with Crippen molar-refractivity contribution in [2.75, 3.05) is 19.0 Å². The highest BCUT2D eigenvalue weighted by Gasteiger charge is 2.25. The van der Waals surface area contributed by atoms with Gasteiger partial charge in [0.25, 0.3) is 0 Å². The summed E-state index contributed by atoms with van der Waals surface area (Å²) in [6.45, 7) is 0.791. The van der Waals surface area contributed by atoms with Crippen molar-refractivity contribution >= 4 is 39.6 Å². The van der Waals surface area contributed by atoms with Crippen LogP contribution in [0.3, 0.4) is 0 Å². The van der Waals surface area contributed by atoms with Crippen LogP contribution in [-0.2, 0) is 24.0 Å². The zero-order valence-electron chi connectivity index (χ0n) is 15.7. The summed E-state index contributed by atoms with van der Waals surface area (Å²) in [5, 5.41) is 7.87. The number of benzene rings is 1. The highest BCUT2D eigenvalue weighted by atomic mass is 32.1. The highest BCUT2D eigenvalue weighted by Crippen LogP contribution is 2.37. The van der Waals surface area contributed by atoms with Crippen LogP contribution in [0.4, 0.5) is 5.00 Å². The molecule has 1 aliphatic rings. The molecule has 1 aromatic heterocycles. The first-order chi connectivity index (χ1) is 13.2. The van der Waals surface area contributed by atoms with Crippen LogP contribution in [0.1, 0.15) is 52.0 Å². The number of hydrogen-bond acceptors (Lipinski definition) is 4. The van der Waals surface area contributed by atoms with Crippen LogP contribution in [0.2, 0.25) is 0 Å². The quantitative estimate of drug-likeness (QED) is 0.317. The summed E-state index contributed by atoms with van der Waals surface area (Å²) >= 11 is 7.09. The van der Waals surface area contributed by atoms with Gasteiger partial charge >= 0.3 is 5.97 Å².